The van der Waals surface area contributed by atoms with E-state index >= 15 is 0 Å². The molecule has 3 rings (SSSR count). The van der Waals surface area contributed by atoms with Crippen LogP contribution in [0.5, 0.6) is 0 Å². The van der Waals surface area contributed by atoms with Gasteiger partial charge in [0.05, 0.1) is 5.69 Å². The number of hydrogen-bond acceptors (Lipinski definition) is 2. The Bertz CT molecular complexity index is 847. The van der Waals surface area contributed by atoms with E-state index in [2.05, 4.69) is 5.32 Å². The van der Waals surface area contributed by atoms with E-state index < -0.39 is 5.82 Å². The predicted molar refractivity (Wildman–Crippen MR) is 105 cm³/mol. The fraction of sp³-hybridized carbons (Fsp3) is 0.238. The maximum Gasteiger partial charge on any atom is 0.246 e. The van der Waals surface area contributed by atoms with Crippen molar-refractivity contribution >= 4 is 35.2 Å². The summed E-state index contributed by atoms with van der Waals surface area (Å²) in [6, 6.07) is 13.7. The number of piperidine rings is 1. The van der Waals surface area contributed by atoms with Crippen LogP contribution in [-0.4, -0.2) is 29.8 Å². The molecule has 0 unspecified atom stereocenters. The van der Waals surface area contributed by atoms with Gasteiger partial charge in [0.2, 0.25) is 11.8 Å². The Morgan fingerprint density at radius 3 is 2.48 bits per heavy atom. The number of benzene rings is 2. The first-order chi connectivity index (χ1) is 13.0. The number of rotatable bonds is 4. The molecule has 0 aliphatic carbocycles. The van der Waals surface area contributed by atoms with Crippen LogP contribution in [0.15, 0.2) is 54.6 Å². The fourth-order valence-corrected chi connectivity index (χ4v) is 3.18. The van der Waals surface area contributed by atoms with Gasteiger partial charge in [-0.15, -0.1) is 0 Å². The van der Waals surface area contributed by atoms with Gasteiger partial charge in [0.1, 0.15) is 5.82 Å². The number of hydrogen-bond donors (Lipinski definition) is 1. The molecule has 2 aromatic carbocycles. The van der Waals surface area contributed by atoms with Crippen LogP contribution in [0.4, 0.5) is 10.1 Å². The largest absolute Gasteiger partial charge is 0.339 e. The summed E-state index contributed by atoms with van der Waals surface area (Å²) >= 11 is 5.72. The summed E-state index contributed by atoms with van der Waals surface area (Å²) in [6.07, 6.45) is 4.43. The molecule has 1 saturated heterocycles. The molecular weight excluding hydrogens is 367 g/mol. The van der Waals surface area contributed by atoms with Crippen molar-refractivity contribution in [2.45, 2.75) is 12.8 Å². The van der Waals surface area contributed by atoms with Gasteiger partial charge < -0.3 is 10.2 Å². The molecule has 1 N–H and O–H groups in total. The number of nitrogens with zero attached hydrogens (tertiary/aromatic N) is 1. The van der Waals surface area contributed by atoms with Gasteiger partial charge in [-0.3, -0.25) is 9.59 Å². The number of amides is 2. The smallest absolute Gasteiger partial charge is 0.246 e. The van der Waals surface area contributed by atoms with E-state index in [1.165, 1.54) is 12.1 Å². The second-order valence-electron chi connectivity index (χ2n) is 6.46. The van der Waals surface area contributed by atoms with E-state index in [0.29, 0.717) is 25.9 Å². The van der Waals surface area contributed by atoms with E-state index in [0.717, 1.165) is 11.6 Å². The number of halogens is 2. The van der Waals surface area contributed by atoms with Crippen molar-refractivity contribution in [2.75, 3.05) is 18.4 Å². The summed E-state index contributed by atoms with van der Waals surface area (Å²) in [5.41, 5.74) is 1.08. The summed E-state index contributed by atoms with van der Waals surface area (Å²) < 4.78 is 13.8. The second kappa shape index (κ2) is 8.82. The highest BCUT2D eigenvalue weighted by Gasteiger charge is 2.27. The van der Waals surface area contributed by atoms with Crippen LogP contribution in [0.25, 0.3) is 6.08 Å². The molecule has 0 radical (unpaired) electrons. The molecule has 0 saturated carbocycles. The highest BCUT2D eigenvalue weighted by molar-refractivity contribution is 6.30. The Morgan fingerprint density at radius 1 is 1.11 bits per heavy atom. The lowest BCUT2D eigenvalue weighted by Gasteiger charge is -2.30. The SMILES string of the molecule is O=C(Nc1ccc(Cl)cc1F)C1CCN(C(=O)C=Cc2ccccc2)CC1. The van der Waals surface area contributed by atoms with Gasteiger partial charge >= 0.3 is 0 Å². The average Bonchev–Trinajstić information content (AvgIpc) is 2.69. The third-order valence-electron chi connectivity index (χ3n) is 4.58. The molecule has 27 heavy (non-hydrogen) atoms. The highest BCUT2D eigenvalue weighted by Crippen LogP contribution is 2.23. The minimum Gasteiger partial charge on any atom is -0.339 e. The van der Waals surface area contributed by atoms with Crippen molar-refractivity contribution in [3.05, 3.63) is 71.0 Å². The summed E-state index contributed by atoms with van der Waals surface area (Å²) in [7, 11) is 0. The van der Waals surface area contributed by atoms with Crippen molar-refractivity contribution in [3.8, 4) is 0 Å². The molecule has 2 aromatic rings. The third kappa shape index (κ3) is 5.17. The number of carbonyl (C=O) groups is 2. The standard InChI is InChI=1S/C21H20ClFN2O2/c22-17-7-8-19(18(23)14-17)24-21(27)16-10-12-25(13-11-16)20(26)9-6-15-4-2-1-3-5-15/h1-9,14,16H,10-13H2,(H,24,27). The number of anilines is 1. The average molecular weight is 387 g/mol. The predicted octanol–water partition coefficient (Wildman–Crippen LogP) is 4.37. The van der Waals surface area contributed by atoms with E-state index in [4.69, 9.17) is 11.6 Å². The van der Waals surface area contributed by atoms with E-state index in [1.807, 2.05) is 30.3 Å². The number of likely N-dealkylation sites (tertiary alicyclic amines) is 1. The van der Waals surface area contributed by atoms with Crippen molar-refractivity contribution in [1.29, 1.82) is 0 Å². The van der Waals surface area contributed by atoms with Gasteiger partial charge in [-0.1, -0.05) is 41.9 Å². The van der Waals surface area contributed by atoms with Crippen molar-refractivity contribution in [1.82, 2.24) is 4.90 Å². The topological polar surface area (TPSA) is 49.4 Å². The van der Waals surface area contributed by atoms with E-state index in [-0.39, 0.29) is 28.4 Å². The molecule has 1 aliphatic heterocycles. The zero-order valence-corrected chi connectivity index (χ0v) is 15.5. The van der Waals surface area contributed by atoms with Crippen LogP contribution in [-0.2, 0) is 9.59 Å². The first-order valence-electron chi connectivity index (χ1n) is 8.81. The molecule has 2 amide bonds. The van der Waals surface area contributed by atoms with Crippen molar-refractivity contribution < 1.29 is 14.0 Å². The first-order valence-corrected chi connectivity index (χ1v) is 9.18. The van der Waals surface area contributed by atoms with Crippen LogP contribution >= 0.6 is 11.6 Å². The lowest BCUT2D eigenvalue weighted by Crippen LogP contribution is -2.40. The molecule has 1 fully saturated rings. The zero-order valence-electron chi connectivity index (χ0n) is 14.7. The van der Waals surface area contributed by atoms with Crippen molar-refractivity contribution in [2.24, 2.45) is 5.92 Å². The second-order valence-corrected chi connectivity index (χ2v) is 6.89. The molecular formula is C21H20ClFN2O2. The van der Waals surface area contributed by atoms with Crippen LogP contribution in [0.1, 0.15) is 18.4 Å². The molecule has 6 heteroatoms. The van der Waals surface area contributed by atoms with Gasteiger partial charge in [0.15, 0.2) is 0 Å². The molecule has 0 bridgehead atoms. The highest BCUT2D eigenvalue weighted by atomic mass is 35.5. The molecule has 0 aromatic heterocycles. The minimum atomic E-state index is -0.561. The summed E-state index contributed by atoms with van der Waals surface area (Å²) in [6.45, 7) is 0.998. The molecule has 0 spiro atoms. The van der Waals surface area contributed by atoms with Gasteiger partial charge in [0.25, 0.3) is 0 Å². The van der Waals surface area contributed by atoms with Gasteiger partial charge in [0, 0.05) is 30.1 Å². The Labute approximate surface area is 162 Å². The normalized spacial score (nSPS) is 15.1. The van der Waals surface area contributed by atoms with Gasteiger partial charge in [-0.2, -0.15) is 0 Å². The Balaban J connectivity index is 1.51. The molecule has 1 aliphatic rings. The van der Waals surface area contributed by atoms with Crippen LogP contribution in [0.2, 0.25) is 5.02 Å². The first kappa shape index (κ1) is 19.1. The maximum absolute atomic E-state index is 13.8. The molecule has 4 nitrogen and oxygen atoms in total. The summed E-state index contributed by atoms with van der Waals surface area (Å²) in [4.78, 5) is 26.4. The maximum atomic E-state index is 13.8. The zero-order chi connectivity index (χ0) is 19.2. The van der Waals surface area contributed by atoms with E-state index in [1.54, 1.807) is 17.1 Å². The summed E-state index contributed by atoms with van der Waals surface area (Å²) in [5.74, 6) is -1.11. The number of nitrogens with one attached hydrogen (secondary N) is 1. The lowest BCUT2D eigenvalue weighted by atomic mass is 9.95. The van der Waals surface area contributed by atoms with Gasteiger partial charge in [-0.25, -0.2) is 4.39 Å². The third-order valence-corrected chi connectivity index (χ3v) is 4.82. The molecule has 0 atom stereocenters. The number of carbonyl (C=O) groups excluding carboxylic acids is 2. The Morgan fingerprint density at radius 2 is 1.81 bits per heavy atom. The molecule has 1 heterocycles. The van der Waals surface area contributed by atoms with Crippen LogP contribution in [0, 0.1) is 11.7 Å². The minimum absolute atomic E-state index is 0.0681. The van der Waals surface area contributed by atoms with E-state index in [9.17, 15) is 14.0 Å². The van der Waals surface area contributed by atoms with Gasteiger partial charge in [-0.05, 0) is 42.7 Å². The lowest BCUT2D eigenvalue weighted by molar-refractivity contribution is -0.130. The fourth-order valence-electron chi connectivity index (χ4n) is 3.02. The van der Waals surface area contributed by atoms with Crippen molar-refractivity contribution in [3.63, 3.8) is 0 Å². The molecule has 140 valence electrons. The monoisotopic (exact) mass is 386 g/mol. The van der Waals surface area contributed by atoms with Crippen LogP contribution in [0.3, 0.4) is 0 Å². The Kier molecular flexibility index (Phi) is 6.24. The Hall–Kier alpha value is -2.66. The van der Waals surface area contributed by atoms with Crippen LogP contribution < -0.4 is 5.32 Å². The quantitative estimate of drug-likeness (QED) is 0.793. The summed E-state index contributed by atoms with van der Waals surface area (Å²) in [5, 5.41) is 2.89.